The van der Waals surface area contributed by atoms with Gasteiger partial charge in [-0.15, -0.1) is 0 Å². The van der Waals surface area contributed by atoms with E-state index in [1.54, 1.807) is 24.3 Å². The van der Waals surface area contributed by atoms with E-state index < -0.39 is 0 Å². The topological polar surface area (TPSA) is 78.9 Å². The molecule has 0 N–H and O–H groups in total. The molecular weight excluding hydrogens is 408 g/mol. The highest BCUT2D eigenvalue weighted by Gasteiger charge is 2.02. The van der Waals surface area contributed by atoms with Gasteiger partial charge in [0.25, 0.3) is 0 Å². The minimum absolute atomic E-state index is 0.356. The van der Waals surface area contributed by atoms with Crippen molar-refractivity contribution in [3.8, 4) is 11.5 Å². The van der Waals surface area contributed by atoms with Gasteiger partial charge in [0.15, 0.2) is 0 Å². The number of unbranched alkanes of at least 4 members (excludes halogenated alkanes) is 5. The molecule has 0 unspecified atom stereocenters. The molecule has 0 spiro atoms. The highest BCUT2D eigenvalue weighted by Crippen LogP contribution is 2.21. The molecule has 2 heterocycles. The average Bonchev–Trinajstić information content (AvgIpc) is 2.79. The van der Waals surface area contributed by atoms with Gasteiger partial charge in [0.1, 0.15) is 22.7 Å². The first-order valence-electron chi connectivity index (χ1n) is 11.0. The van der Waals surface area contributed by atoms with Gasteiger partial charge >= 0.3 is 11.3 Å². The smallest absolute Gasteiger partial charge is 0.336 e. The summed E-state index contributed by atoms with van der Waals surface area (Å²) in [6, 6.07) is 17.4. The minimum Gasteiger partial charge on any atom is -0.493 e. The highest BCUT2D eigenvalue weighted by molar-refractivity contribution is 5.78. The third kappa shape index (κ3) is 6.00. The molecular formula is C26H26O6. The van der Waals surface area contributed by atoms with Gasteiger partial charge in [0.2, 0.25) is 0 Å². The first kappa shape index (κ1) is 21.7. The third-order valence-corrected chi connectivity index (χ3v) is 5.27. The lowest BCUT2D eigenvalue weighted by molar-refractivity contribution is 0.297. The molecule has 166 valence electrons. The maximum absolute atomic E-state index is 11.3. The van der Waals surface area contributed by atoms with Gasteiger partial charge in [0, 0.05) is 35.0 Å². The predicted molar refractivity (Wildman–Crippen MR) is 124 cm³/mol. The minimum atomic E-state index is -0.356. The Bertz CT molecular complexity index is 1190. The van der Waals surface area contributed by atoms with Gasteiger partial charge in [-0.25, -0.2) is 9.59 Å². The Balaban J connectivity index is 1.07. The standard InChI is InChI=1S/C26H26O6/c27-25-13-9-19-7-11-21(17-23(19)31-25)29-15-5-3-1-2-4-6-16-30-22-12-8-20-10-14-26(28)32-24(20)18-22/h7-14,17-18H,1-6,15-16H2. The number of rotatable bonds is 11. The number of hydrogen-bond acceptors (Lipinski definition) is 6. The van der Waals surface area contributed by atoms with Crippen LogP contribution < -0.4 is 20.7 Å². The fourth-order valence-electron chi connectivity index (χ4n) is 3.55. The fraction of sp³-hybridized carbons (Fsp3) is 0.308. The van der Waals surface area contributed by atoms with Crippen molar-refractivity contribution in [3.05, 3.63) is 81.5 Å². The first-order chi connectivity index (χ1) is 15.7. The average molecular weight is 434 g/mol. The number of fused-ring (bicyclic) bond motifs is 2. The summed E-state index contributed by atoms with van der Waals surface area (Å²) in [5.74, 6) is 1.44. The second-order valence-electron chi connectivity index (χ2n) is 7.73. The van der Waals surface area contributed by atoms with E-state index in [9.17, 15) is 9.59 Å². The van der Waals surface area contributed by atoms with Crippen LogP contribution in [0.1, 0.15) is 38.5 Å². The van der Waals surface area contributed by atoms with Gasteiger partial charge in [0.05, 0.1) is 13.2 Å². The van der Waals surface area contributed by atoms with E-state index in [4.69, 9.17) is 18.3 Å². The van der Waals surface area contributed by atoms with Crippen molar-refractivity contribution in [1.82, 2.24) is 0 Å². The van der Waals surface area contributed by atoms with Gasteiger partial charge in [-0.2, -0.15) is 0 Å². The molecule has 0 bridgehead atoms. The Morgan fingerprint density at radius 2 is 0.938 bits per heavy atom. The van der Waals surface area contributed by atoms with Crippen LogP contribution in [-0.2, 0) is 0 Å². The maximum atomic E-state index is 11.3. The van der Waals surface area contributed by atoms with Crippen LogP contribution in [0.4, 0.5) is 0 Å². The van der Waals surface area contributed by atoms with E-state index in [1.807, 2.05) is 24.3 Å². The van der Waals surface area contributed by atoms with Crippen molar-refractivity contribution in [3.63, 3.8) is 0 Å². The summed E-state index contributed by atoms with van der Waals surface area (Å²) in [5.41, 5.74) is 0.382. The lowest BCUT2D eigenvalue weighted by atomic mass is 10.1. The second-order valence-corrected chi connectivity index (χ2v) is 7.73. The van der Waals surface area contributed by atoms with Gasteiger partial charge in [-0.05, 0) is 49.2 Å². The highest BCUT2D eigenvalue weighted by atomic mass is 16.5. The molecule has 6 heteroatoms. The molecule has 4 aromatic rings. The van der Waals surface area contributed by atoms with Crippen molar-refractivity contribution in [2.24, 2.45) is 0 Å². The zero-order chi connectivity index (χ0) is 22.2. The van der Waals surface area contributed by atoms with Crippen LogP contribution in [0, 0.1) is 0 Å². The van der Waals surface area contributed by atoms with Gasteiger partial charge < -0.3 is 18.3 Å². The fourth-order valence-corrected chi connectivity index (χ4v) is 3.55. The number of hydrogen-bond donors (Lipinski definition) is 0. The van der Waals surface area contributed by atoms with Crippen LogP contribution in [0.3, 0.4) is 0 Å². The largest absolute Gasteiger partial charge is 0.493 e. The molecule has 0 aliphatic rings. The molecule has 0 amide bonds. The maximum Gasteiger partial charge on any atom is 0.336 e. The molecule has 4 rings (SSSR count). The summed E-state index contributed by atoms with van der Waals surface area (Å²) in [6.45, 7) is 1.29. The van der Waals surface area contributed by atoms with Crippen molar-refractivity contribution < 1.29 is 18.3 Å². The SMILES string of the molecule is O=c1ccc2ccc(OCCCCCCCCOc3ccc4ccc(=O)oc4c3)cc2o1. The van der Waals surface area contributed by atoms with Crippen LogP contribution in [0.5, 0.6) is 11.5 Å². The van der Waals surface area contributed by atoms with E-state index in [0.29, 0.717) is 24.4 Å². The Morgan fingerprint density at radius 1 is 0.531 bits per heavy atom. The summed E-state index contributed by atoms with van der Waals surface area (Å²) < 4.78 is 21.9. The normalized spacial score (nSPS) is 11.1. The summed E-state index contributed by atoms with van der Waals surface area (Å²) in [5, 5.41) is 1.77. The molecule has 0 atom stereocenters. The lowest BCUT2D eigenvalue weighted by Gasteiger charge is -2.08. The summed E-state index contributed by atoms with van der Waals surface area (Å²) in [7, 11) is 0. The van der Waals surface area contributed by atoms with Crippen LogP contribution in [-0.4, -0.2) is 13.2 Å². The van der Waals surface area contributed by atoms with Crippen molar-refractivity contribution in [2.75, 3.05) is 13.2 Å². The number of ether oxygens (including phenoxy) is 2. The molecule has 0 aliphatic carbocycles. The van der Waals surface area contributed by atoms with E-state index in [1.165, 1.54) is 12.1 Å². The molecule has 6 nitrogen and oxygen atoms in total. The molecule has 0 fully saturated rings. The van der Waals surface area contributed by atoms with E-state index >= 15 is 0 Å². The zero-order valence-electron chi connectivity index (χ0n) is 17.9. The lowest BCUT2D eigenvalue weighted by Crippen LogP contribution is -1.99. The molecule has 0 aliphatic heterocycles. The Kier molecular flexibility index (Phi) is 7.23. The molecule has 0 radical (unpaired) electrons. The molecule has 32 heavy (non-hydrogen) atoms. The predicted octanol–water partition coefficient (Wildman–Crippen LogP) is 5.70. The first-order valence-corrected chi connectivity index (χ1v) is 11.0. The van der Waals surface area contributed by atoms with Crippen molar-refractivity contribution in [2.45, 2.75) is 38.5 Å². The Morgan fingerprint density at radius 3 is 1.41 bits per heavy atom. The van der Waals surface area contributed by atoms with Gasteiger partial charge in [-0.1, -0.05) is 25.7 Å². The Labute approximate surface area is 185 Å². The summed E-state index contributed by atoms with van der Waals surface area (Å²) in [6.07, 6.45) is 6.47. The molecule has 2 aromatic carbocycles. The van der Waals surface area contributed by atoms with Crippen LogP contribution >= 0.6 is 0 Å². The number of benzene rings is 2. The van der Waals surface area contributed by atoms with E-state index in [-0.39, 0.29) is 11.3 Å². The quantitative estimate of drug-likeness (QED) is 0.223. The second kappa shape index (κ2) is 10.7. The third-order valence-electron chi connectivity index (χ3n) is 5.27. The molecule has 0 saturated carbocycles. The zero-order valence-corrected chi connectivity index (χ0v) is 17.9. The monoisotopic (exact) mass is 434 g/mol. The van der Waals surface area contributed by atoms with E-state index in [2.05, 4.69) is 0 Å². The summed E-state index contributed by atoms with van der Waals surface area (Å²) >= 11 is 0. The van der Waals surface area contributed by atoms with Crippen molar-refractivity contribution >= 4 is 21.9 Å². The Hall–Kier alpha value is -3.54. The van der Waals surface area contributed by atoms with Crippen LogP contribution in [0.15, 0.2) is 79.1 Å². The van der Waals surface area contributed by atoms with E-state index in [0.717, 1.165) is 60.8 Å². The van der Waals surface area contributed by atoms with Crippen molar-refractivity contribution in [1.29, 1.82) is 0 Å². The van der Waals surface area contributed by atoms with Crippen LogP contribution in [0.2, 0.25) is 0 Å². The summed E-state index contributed by atoms with van der Waals surface area (Å²) in [4.78, 5) is 22.6. The molecule has 2 aromatic heterocycles. The molecule has 0 saturated heterocycles. The van der Waals surface area contributed by atoms with Gasteiger partial charge in [-0.3, -0.25) is 0 Å². The van der Waals surface area contributed by atoms with Crippen LogP contribution in [0.25, 0.3) is 21.9 Å².